The number of ether oxygens (including phenoxy) is 1. The Labute approximate surface area is 112 Å². The molecule has 0 aromatic heterocycles. The van der Waals surface area contributed by atoms with E-state index in [0.29, 0.717) is 11.3 Å². The van der Waals surface area contributed by atoms with Crippen molar-refractivity contribution in [1.82, 2.24) is 0 Å². The van der Waals surface area contributed by atoms with E-state index in [1.807, 2.05) is 6.07 Å². The summed E-state index contributed by atoms with van der Waals surface area (Å²) in [4.78, 5) is 12.0. The number of benzene rings is 1. The van der Waals surface area contributed by atoms with Crippen molar-refractivity contribution < 1.29 is 14.6 Å². The number of hydrogen-bond acceptors (Lipinski definition) is 3. The summed E-state index contributed by atoms with van der Waals surface area (Å²) in [5.74, 6) is 1.59. The Kier molecular flexibility index (Phi) is 4.53. The normalized spacial score (nSPS) is 15.8. The molecule has 98 valence electrons. The minimum Gasteiger partial charge on any atom is -0.497 e. The van der Waals surface area contributed by atoms with E-state index >= 15 is 0 Å². The second-order valence-corrected chi connectivity index (χ2v) is 5.69. The highest BCUT2D eigenvalue weighted by atomic mass is 32.2. The Morgan fingerprint density at radius 1 is 1.44 bits per heavy atom. The molecule has 4 heteroatoms. The first kappa shape index (κ1) is 13.3. The van der Waals surface area contributed by atoms with Crippen LogP contribution in [-0.4, -0.2) is 23.9 Å². The molecule has 0 amide bonds. The summed E-state index contributed by atoms with van der Waals surface area (Å²) in [7, 11) is 1.60. The van der Waals surface area contributed by atoms with Crippen molar-refractivity contribution in [1.29, 1.82) is 0 Å². The van der Waals surface area contributed by atoms with Crippen LogP contribution >= 0.6 is 11.8 Å². The SMILES string of the molecule is COc1ccc(C(=O)O)c(SCC2CCCC2)c1. The highest BCUT2D eigenvalue weighted by molar-refractivity contribution is 7.99. The van der Waals surface area contributed by atoms with Gasteiger partial charge in [-0.3, -0.25) is 0 Å². The number of carboxylic acids is 1. The fraction of sp³-hybridized carbons (Fsp3) is 0.500. The summed E-state index contributed by atoms with van der Waals surface area (Å²) in [5.41, 5.74) is 0.374. The molecule has 1 saturated carbocycles. The minimum absolute atomic E-state index is 0.374. The van der Waals surface area contributed by atoms with Crippen LogP contribution in [0.4, 0.5) is 0 Å². The van der Waals surface area contributed by atoms with Gasteiger partial charge >= 0.3 is 5.97 Å². The van der Waals surface area contributed by atoms with Crippen LogP contribution in [0.25, 0.3) is 0 Å². The first-order valence-electron chi connectivity index (χ1n) is 6.25. The molecule has 1 fully saturated rings. The van der Waals surface area contributed by atoms with Crippen LogP contribution < -0.4 is 4.74 Å². The Hall–Kier alpha value is -1.16. The van der Waals surface area contributed by atoms with Gasteiger partial charge < -0.3 is 9.84 Å². The molecule has 3 nitrogen and oxygen atoms in total. The molecule has 0 aliphatic heterocycles. The van der Waals surface area contributed by atoms with E-state index in [4.69, 9.17) is 9.84 Å². The zero-order valence-electron chi connectivity index (χ0n) is 10.5. The minimum atomic E-state index is -0.869. The molecule has 1 aliphatic rings. The molecule has 0 unspecified atom stereocenters. The van der Waals surface area contributed by atoms with Gasteiger partial charge in [0.25, 0.3) is 0 Å². The largest absolute Gasteiger partial charge is 0.497 e. The number of hydrogen-bond donors (Lipinski definition) is 1. The smallest absolute Gasteiger partial charge is 0.336 e. The van der Waals surface area contributed by atoms with Crippen molar-refractivity contribution in [3.05, 3.63) is 23.8 Å². The van der Waals surface area contributed by atoms with E-state index in [0.717, 1.165) is 16.6 Å². The zero-order valence-corrected chi connectivity index (χ0v) is 11.3. The summed E-state index contributed by atoms with van der Waals surface area (Å²) < 4.78 is 5.16. The molecule has 0 atom stereocenters. The van der Waals surface area contributed by atoms with Gasteiger partial charge in [0.15, 0.2) is 0 Å². The highest BCUT2D eigenvalue weighted by Gasteiger charge is 2.17. The number of methoxy groups -OCH3 is 1. The van der Waals surface area contributed by atoms with Crippen LogP contribution in [0.15, 0.2) is 23.1 Å². The van der Waals surface area contributed by atoms with E-state index in [9.17, 15) is 4.79 Å². The van der Waals surface area contributed by atoms with Gasteiger partial charge in [0.05, 0.1) is 12.7 Å². The average molecular weight is 266 g/mol. The van der Waals surface area contributed by atoms with Crippen LogP contribution in [-0.2, 0) is 0 Å². The number of carbonyl (C=O) groups is 1. The quantitative estimate of drug-likeness (QED) is 0.826. The summed E-state index contributed by atoms with van der Waals surface area (Å²) >= 11 is 1.64. The number of thioether (sulfide) groups is 1. The van der Waals surface area contributed by atoms with E-state index < -0.39 is 5.97 Å². The van der Waals surface area contributed by atoms with Crippen molar-refractivity contribution in [2.24, 2.45) is 5.92 Å². The summed E-state index contributed by atoms with van der Waals surface area (Å²) in [6, 6.07) is 5.14. The Morgan fingerprint density at radius 3 is 2.78 bits per heavy atom. The molecule has 18 heavy (non-hydrogen) atoms. The summed E-state index contributed by atoms with van der Waals surface area (Å²) in [6.07, 6.45) is 5.18. The van der Waals surface area contributed by atoms with Crippen molar-refractivity contribution >= 4 is 17.7 Å². The van der Waals surface area contributed by atoms with Crippen molar-refractivity contribution in [3.8, 4) is 5.75 Å². The summed E-state index contributed by atoms with van der Waals surface area (Å²) in [5, 5.41) is 9.17. The van der Waals surface area contributed by atoms with Gasteiger partial charge in [-0.05, 0) is 37.0 Å². The van der Waals surface area contributed by atoms with Gasteiger partial charge in [0.1, 0.15) is 5.75 Å². The van der Waals surface area contributed by atoms with Crippen molar-refractivity contribution in [3.63, 3.8) is 0 Å². The van der Waals surface area contributed by atoms with E-state index in [1.54, 1.807) is 31.0 Å². The number of aromatic carboxylic acids is 1. The molecule has 1 aliphatic carbocycles. The Morgan fingerprint density at radius 2 is 2.17 bits per heavy atom. The van der Waals surface area contributed by atoms with Gasteiger partial charge in [0.2, 0.25) is 0 Å². The molecule has 1 N–H and O–H groups in total. The van der Waals surface area contributed by atoms with Gasteiger partial charge in [-0.15, -0.1) is 11.8 Å². The maximum absolute atomic E-state index is 11.2. The third kappa shape index (κ3) is 3.19. The molecule has 0 heterocycles. The van der Waals surface area contributed by atoms with Crippen LogP contribution in [0, 0.1) is 5.92 Å². The van der Waals surface area contributed by atoms with E-state index in [2.05, 4.69) is 0 Å². The molecule has 0 spiro atoms. The average Bonchev–Trinajstić information content (AvgIpc) is 2.88. The third-order valence-corrected chi connectivity index (χ3v) is 4.66. The van der Waals surface area contributed by atoms with Gasteiger partial charge in [-0.25, -0.2) is 4.79 Å². The molecule has 0 radical (unpaired) electrons. The van der Waals surface area contributed by atoms with Gasteiger partial charge in [-0.1, -0.05) is 12.8 Å². The molecule has 0 saturated heterocycles. The number of carboxylic acid groups (broad SMARTS) is 1. The Bertz CT molecular complexity index is 425. The fourth-order valence-corrected chi connectivity index (χ4v) is 3.57. The maximum atomic E-state index is 11.2. The topological polar surface area (TPSA) is 46.5 Å². The monoisotopic (exact) mass is 266 g/mol. The molecular weight excluding hydrogens is 248 g/mol. The number of rotatable bonds is 5. The standard InChI is InChI=1S/C14H18O3S/c1-17-11-6-7-12(14(15)16)13(8-11)18-9-10-4-2-3-5-10/h6-8,10H,2-5,9H2,1H3,(H,15,16). The predicted octanol–water partition coefficient (Wildman–Crippen LogP) is 3.68. The Balaban J connectivity index is 2.10. The highest BCUT2D eigenvalue weighted by Crippen LogP contribution is 2.33. The van der Waals surface area contributed by atoms with Crippen molar-refractivity contribution in [2.45, 2.75) is 30.6 Å². The first-order chi connectivity index (χ1) is 8.70. The molecular formula is C14H18O3S. The first-order valence-corrected chi connectivity index (χ1v) is 7.23. The fourth-order valence-electron chi connectivity index (χ4n) is 2.31. The van der Waals surface area contributed by atoms with E-state index in [-0.39, 0.29) is 0 Å². The molecule has 1 aromatic rings. The van der Waals surface area contributed by atoms with E-state index in [1.165, 1.54) is 25.7 Å². The summed E-state index contributed by atoms with van der Waals surface area (Å²) in [6.45, 7) is 0. The lowest BCUT2D eigenvalue weighted by Crippen LogP contribution is -2.02. The second kappa shape index (κ2) is 6.14. The third-order valence-electron chi connectivity index (χ3n) is 3.37. The predicted molar refractivity (Wildman–Crippen MR) is 72.6 cm³/mol. The van der Waals surface area contributed by atoms with Crippen molar-refractivity contribution in [2.75, 3.05) is 12.9 Å². The van der Waals surface area contributed by atoms with Gasteiger partial charge in [0, 0.05) is 10.6 Å². The second-order valence-electron chi connectivity index (χ2n) is 4.63. The maximum Gasteiger partial charge on any atom is 0.336 e. The molecule has 0 bridgehead atoms. The lowest BCUT2D eigenvalue weighted by molar-refractivity contribution is 0.0693. The molecule has 2 rings (SSSR count). The van der Waals surface area contributed by atoms with Crippen LogP contribution in [0.2, 0.25) is 0 Å². The van der Waals surface area contributed by atoms with Gasteiger partial charge in [-0.2, -0.15) is 0 Å². The lowest BCUT2D eigenvalue weighted by atomic mass is 10.1. The van der Waals surface area contributed by atoms with Crippen LogP contribution in [0.3, 0.4) is 0 Å². The van der Waals surface area contributed by atoms with Crippen LogP contribution in [0.5, 0.6) is 5.75 Å². The lowest BCUT2D eigenvalue weighted by Gasteiger charge is -2.11. The zero-order chi connectivity index (χ0) is 13.0. The molecule has 1 aromatic carbocycles. The van der Waals surface area contributed by atoms with Crippen LogP contribution in [0.1, 0.15) is 36.0 Å².